The summed E-state index contributed by atoms with van der Waals surface area (Å²) in [6, 6.07) is 7.01. The van der Waals surface area contributed by atoms with E-state index in [1.807, 2.05) is 18.3 Å². The zero-order valence-corrected chi connectivity index (χ0v) is 8.53. The third-order valence-electron chi connectivity index (χ3n) is 2.68. The van der Waals surface area contributed by atoms with E-state index >= 15 is 0 Å². The van der Waals surface area contributed by atoms with Gasteiger partial charge in [0.25, 0.3) is 0 Å². The molecule has 0 unspecified atom stereocenters. The Morgan fingerprint density at radius 1 is 1.57 bits per heavy atom. The highest BCUT2D eigenvalue weighted by molar-refractivity contribution is 5.08. The number of pyridine rings is 1. The zero-order valence-electron chi connectivity index (χ0n) is 8.53. The Morgan fingerprint density at radius 2 is 2.50 bits per heavy atom. The number of nitrogens with one attached hydrogen (secondary N) is 2. The van der Waals surface area contributed by atoms with Crippen molar-refractivity contribution >= 4 is 0 Å². The number of rotatable bonds is 3. The van der Waals surface area contributed by atoms with Crippen molar-refractivity contribution in [3.05, 3.63) is 30.1 Å². The normalized spacial score (nSPS) is 23.6. The van der Waals surface area contributed by atoms with Crippen LogP contribution in [0, 0.1) is 0 Å². The summed E-state index contributed by atoms with van der Waals surface area (Å²) in [5.41, 5.74) is 1.12. The van der Waals surface area contributed by atoms with E-state index in [0.717, 1.165) is 18.8 Å². The summed E-state index contributed by atoms with van der Waals surface area (Å²) in [6.07, 6.45) is 3.07. The van der Waals surface area contributed by atoms with Crippen LogP contribution in [0.3, 0.4) is 0 Å². The fourth-order valence-electron chi connectivity index (χ4n) is 1.87. The van der Waals surface area contributed by atoms with Gasteiger partial charge in [0.2, 0.25) is 0 Å². The molecule has 0 radical (unpaired) electrons. The number of aromatic nitrogens is 1. The molecule has 14 heavy (non-hydrogen) atoms. The van der Waals surface area contributed by atoms with Crippen LogP contribution in [0.1, 0.15) is 25.1 Å². The topological polar surface area (TPSA) is 37.0 Å². The predicted molar refractivity (Wildman–Crippen MR) is 57.1 cm³/mol. The van der Waals surface area contributed by atoms with Gasteiger partial charge in [0.1, 0.15) is 0 Å². The minimum absolute atomic E-state index is 0.348. The van der Waals surface area contributed by atoms with Crippen molar-refractivity contribution in [1.82, 2.24) is 15.6 Å². The van der Waals surface area contributed by atoms with Crippen LogP contribution >= 0.6 is 0 Å². The van der Waals surface area contributed by atoms with E-state index in [9.17, 15) is 0 Å². The van der Waals surface area contributed by atoms with E-state index in [1.54, 1.807) is 0 Å². The van der Waals surface area contributed by atoms with Gasteiger partial charge < -0.3 is 10.6 Å². The highest BCUT2D eigenvalue weighted by Gasteiger charge is 2.17. The Balaban J connectivity index is 1.92. The molecule has 1 aromatic rings. The van der Waals surface area contributed by atoms with Crippen molar-refractivity contribution in [2.45, 2.75) is 25.4 Å². The Labute approximate surface area is 84.9 Å². The van der Waals surface area contributed by atoms with E-state index < -0.39 is 0 Å². The fourth-order valence-corrected chi connectivity index (χ4v) is 1.87. The van der Waals surface area contributed by atoms with Gasteiger partial charge in [0.05, 0.1) is 5.69 Å². The monoisotopic (exact) mass is 191 g/mol. The lowest BCUT2D eigenvalue weighted by Gasteiger charge is -2.17. The first-order chi connectivity index (χ1) is 6.86. The minimum atomic E-state index is 0.348. The van der Waals surface area contributed by atoms with E-state index in [4.69, 9.17) is 0 Å². The molecule has 0 aromatic carbocycles. The van der Waals surface area contributed by atoms with Crippen molar-refractivity contribution in [3.63, 3.8) is 0 Å². The largest absolute Gasteiger partial charge is 0.315 e. The second kappa shape index (κ2) is 4.53. The van der Waals surface area contributed by atoms with E-state index in [1.165, 1.54) is 6.42 Å². The highest BCUT2D eigenvalue weighted by Crippen LogP contribution is 2.10. The van der Waals surface area contributed by atoms with Gasteiger partial charge in [-0.3, -0.25) is 4.98 Å². The maximum absolute atomic E-state index is 4.34. The second-order valence-corrected chi connectivity index (χ2v) is 3.83. The van der Waals surface area contributed by atoms with Gasteiger partial charge in [0, 0.05) is 24.8 Å². The molecule has 1 fully saturated rings. The standard InChI is InChI=1S/C11H17N3/c1-9(11-4-2-3-6-13-11)14-10-5-7-12-8-10/h2-4,6,9-10,12,14H,5,7-8H2,1H3/t9-,10+/m1/s1. The first-order valence-corrected chi connectivity index (χ1v) is 5.24. The molecular weight excluding hydrogens is 174 g/mol. The van der Waals surface area contributed by atoms with Gasteiger partial charge in [-0.25, -0.2) is 0 Å². The van der Waals surface area contributed by atoms with Gasteiger partial charge in [-0.15, -0.1) is 0 Å². The van der Waals surface area contributed by atoms with Crippen molar-refractivity contribution in [2.24, 2.45) is 0 Å². The van der Waals surface area contributed by atoms with Crippen LogP contribution in [0.15, 0.2) is 24.4 Å². The summed E-state index contributed by atoms with van der Waals surface area (Å²) in [5.74, 6) is 0. The van der Waals surface area contributed by atoms with Gasteiger partial charge in [-0.1, -0.05) is 6.07 Å². The molecule has 1 saturated heterocycles. The predicted octanol–water partition coefficient (Wildman–Crippen LogP) is 1.09. The highest BCUT2D eigenvalue weighted by atomic mass is 15.0. The molecule has 2 atom stereocenters. The fraction of sp³-hybridized carbons (Fsp3) is 0.545. The Hall–Kier alpha value is -0.930. The average molecular weight is 191 g/mol. The molecule has 1 aliphatic heterocycles. The van der Waals surface area contributed by atoms with Gasteiger partial charge in [0.15, 0.2) is 0 Å². The van der Waals surface area contributed by atoms with E-state index in [2.05, 4.69) is 28.6 Å². The van der Waals surface area contributed by atoms with Gasteiger partial charge in [-0.05, 0) is 32.0 Å². The third kappa shape index (κ3) is 2.30. The molecule has 0 amide bonds. The summed E-state index contributed by atoms with van der Waals surface area (Å²) in [7, 11) is 0. The first kappa shape index (κ1) is 9.62. The molecule has 1 aromatic heterocycles. The summed E-state index contributed by atoms with van der Waals surface area (Å²) in [6.45, 7) is 4.38. The zero-order chi connectivity index (χ0) is 9.80. The lowest BCUT2D eigenvalue weighted by atomic mass is 10.1. The van der Waals surface area contributed by atoms with Crippen LogP contribution in [0.5, 0.6) is 0 Å². The van der Waals surface area contributed by atoms with E-state index in [-0.39, 0.29) is 0 Å². The lowest BCUT2D eigenvalue weighted by Crippen LogP contribution is -2.33. The molecule has 2 heterocycles. The maximum atomic E-state index is 4.34. The van der Waals surface area contributed by atoms with Crippen molar-refractivity contribution in [2.75, 3.05) is 13.1 Å². The molecule has 0 saturated carbocycles. The summed E-state index contributed by atoms with van der Waals surface area (Å²) < 4.78 is 0. The number of hydrogen-bond acceptors (Lipinski definition) is 3. The quantitative estimate of drug-likeness (QED) is 0.751. The van der Waals surface area contributed by atoms with Crippen LogP contribution < -0.4 is 10.6 Å². The number of nitrogens with zero attached hydrogens (tertiary/aromatic N) is 1. The summed E-state index contributed by atoms with van der Waals surface area (Å²) in [5, 5.41) is 6.92. The molecule has 1 aliphatic rings. The van der Waals surface area contributed by atoms with E-state index in [0.29, 0.717) is 12.1 Å². The number of hydrogen-bond donors (Lipinski definition) is 2. The molecular formula is C11H17N3. The van der Waals surface area contributed by atoms with Crippen molar-refractivity contribution in [3.8, 4) is 0 Å². The SMILES string of the molecule is C[C@@H](N[C@H]1CCNC1)c1ccccn1. The molecule has 2 N–H and O–H groups in total. The van der Waals surface area contributed by atoms with Crippen LogP contribution in [-0.2, 0) is 0 Å². The Kier molecular flexibility index (Phi) is 3.11. The molecule has 0 aliphatic carbocycles. The van der Waals surface area contributed by atoms with Crippen LogP contribution in [-0.4, -0.2) is 24.1 Å². The lowest BCUT2D eigenvalue weighted by molar-refractivity contribution is 0.471. The molecule has 3 heteroatoms. The molecule has 3 nitrogen and oxygen atoms in total. The van der Waals surface area contributed by atoms with Crippen molar-refractivity contribution in [1.29, 1.82) is 0 Å². The van der Waals surface area contributed by atoms with Gasteiger partial charge in [-0.2, -0.15) is 0 Å². The smallest absolute Gasteiger partial charge is 0.0570 e. The Morgan fingerprint density at radius 3 is 3.14 bits per heavy atom. The van der Waals surface area contributed by atoms with Crippen LogP contribution in [0.2, 0.25) is 0 Å². The first-order valence-electron chi connectivity index (χ1n) is 5.24. The summed E-state index contributed by atoms with van der Waals surface area (Å²) >= 11 is 0. The molecule has 0 spiro atoms. The van der Waals surface area contributed by atoms with Gasteiger partial charge >= 0.3 is 0 Å². The average Bonchev–Trinajstić information content (AvgIpc) is 2.72. The maximum Gasteiger partial charge on any atom is 0.0570 e. The molecule has 76 valence electrons. The summed E-state index contributed by atoms with van der Waals surface area (Å²) in [4.78, 5) is 4.34. The third-order valence-corrected chi connectivity index (χ3v) is 2.68. The van der Waals surface area contributed by atoms with Crippen LogP contribution in [0.4, 0.5) is 0 Å². The molecule has 0 bridgehead atoms. The van der Waals surface area contributed by atoms with Crippen molar-refractivity contribution < 1.29 is 0 Å². The van der Waals surface area contributed by atoms with Crippen LogP contribution in [0.25, 0.3) is 0 Å². The minimum Gasteiger partial charge on any atom is -0.315 e. The molecule has 2 rings (SSSR count). The Bertz CT molecular complexity index is 267. The second-order valence-electron chi connectivity index (χ2n) is 3.83.